The molecular formula is C42H30OSi. The van der Waals surface area contributed by atoms with E-state index in [1.54, 1.807) is 0 Å². The van der Waals surface area contributed by atoms with Crippen molar-refractivity contribution in [3.8, 4) is 22.3 Å². The maximum Gasteiger partial charge on any atom is 0.179 e. The van der Waals surface area contributed by atoms with Crippen LogP contribution in [0.5, 0.6) is 0 Å². The molecule has 8 aromatic rings. The third-order valence-corrected chi connectivity index (χ3v) is 13.6. The molecule has 0 saturated heterocycles. The molecule has 8 rings (SSSR count). The lowest BCUT2D eigenvalue weighted by Gasteiger charge is -2.34. The number of para-hydroxylation sites is 2. The highest BCUT2D eigenvalue weighted by atomic mass is 28.3. The number of benzene rings is 7. The van der Waals surface area contributed by atoms with Crippen LogP contribution in [0.1, 0.15) is 0 Å². The lowest BCUT2D eigenvalue weighted by molar-refractivity contribution is 0.670. The molecule has 208 valence electrons. The van der Waals surface area contributed by atoms with E-state index in [1.807, 2.05) is 6.07 Å². The standard InChI is InChI=1S/C42H30OSi/c1-4-17-32(18-5-1)44(33-19-6-2-7-20-33,34-21-8-3-9-22-34)35-23-14-16-31(30-35)36-24-10-11-25-37(36)39-27-15-28-40-38-26-12-13-29-41(38)43-42(39)40/h1-30H. The second-order valence-electron chi connectivity index (χ2n) is 11.3. The Balaban J connectivity index is 1.38. The van der Waals surface area contributed by atoms with Crippen LogP contribution in [0.3, 0.4) is 0 Å². The molecule has 0 unspecified atom stereocenters. The van der Waals surface area contributed by atoms with Crippen LogP contribution in [0.15, 0.2) is 186 Å². The second-order valence-corrected chi connectivity index (χ2v) is 15.1. The number of rotatable bonds is 6. The summed E-state index contributed by atoms with van der Waals surface area (Å²) in [5, 5.41) is 7.76. The first-order valence-electron chi connectivity index (χ1n) is 15.1. The molecular weight excluding hydrogens is 549 g/mol. The number of hydrogen-bond acceptors (Lipinski definition) is 1. The summed E-state index contributed by atoms with van der Waals surface area (Å²) in [6, 6.07) is 66.1. The Kier molecular flexibility index (Phi) is 6.55. The first-order valence-corrected chi connectivity index (χ1v) is 17.1. The van der Waals surface area contributed by atoms with Gasteiger partial charge in [-0.05, 0) is 43.5 Å². The summed E-state index contributed by atoms with van der Waals surface area (Å²) >= 11 is 0. The van der Waals surface area contributed by atoms with Crippen molar-refractivity contribution in [2.24, 2.45) is 0 Å². The molecule has 44 heavy (non-hydrogen) atoms. The van der Waals surface area contributed by atoms with Crippen LogP contribution >= 0.6 is 0 Å². The van der Waals surface area contributed by atoms with E-state index in [2.05, 4.69) is 176 Å². The molecule has 0 aliphatic carbocycles. The Hall–Kier alpha value is -5.44. The molecule has 0 spiro atoms. The number of furan rings is 1. The minimum Gasteiger partial charge on any atom is -0.455 e. The van der Waals surface area contributed by atoms with Gasteiger partial charge in [0.25, 0.3) is 0 Å². The van der Waals surface area contributed by atoms with Crippen molar-refractivity contribution in [3.63, 3.8) is 0 Å². The average molecular weight is 579 g/mol. The van der Waals surface area contributed by atoms with Crippen LogP contribution in [0.25, 0.3) is 44.2 Å². The topological polar surface area (TPSA) is 13.1 Å². The molecule has 0 saturated carbocycles. The van der Waals surface area contributed by atoms with E-state index in [4.69, 9.17) is 4.42 Å². The molecule has 0 fully saturated rings. The molecule has 0 amide bonds. The van der Waals surface area contributed by atoms with Gasteiger partial charge in [-0.25, -0.2) is 0 Å². The summed E-state index contributed by atoms with van der Waals surface area (Å²) in [5.41, 5.74) is 6.51. The van der Waals surface area contributed by atoms with Gasteiger partial charge in [-0.1, -0.05) is 176 Å². The molecule has 0 atom stereocenters. The number of hydrogen-bond donors (Lipinski definition) is 0. The molecule has 0 bridgehead atoms. The summed E-state index contributed by atoms with van der Waals surface area (Å²) < 4.78 is 6.49. The molecule has 2 heteroatoms. The van der Waals surface area contributed by atoms with Gasteiger partial charge in [0.2, 0.25) is 0 Å². The Bertz CT molecular complexity index is 2120. The van der Waals surface area contributed by atoms with Crippen molar-refractivity contribution < 1.29 is 4.42 Å². The van der Waals surface area contributed by atoms with Crippen LogP contribution < -0.4 is 20.7 Å². The van der Waals surface area contributed by atoms with E-state index in [0.29, 0.717) is 0 Å². The van der Waals surface area contributed by atoms with Crippen LogP contribution in [0.2, 0.25) is 0 Å². The lowest BCUT2D eigenvalue weighted by Crippen LogP contribution is -2.74. The highest BCUT2D eigenvalue weighted by Gasteiger charge is 2.41. The molecule has 1 heterocycles. The van der Waals surface area contributed by atoms with E-state index in [-0.39, 0.29) is 0 Å². The molecule has 7 aromatic carbocycles. The third kappa shape index (κ3) is 4.23. The minimum atomic E-state index is -2.65. The molecule has 0 aliphatic rings. The fourth-order valence-electron chi connectivity index (χ4n) is 6.91. The van der Waals surface area contributed by atoms with Crippen molar-refractivity contribution in [1.82, 2.24) is 0 Å². The van der Waals surface area contributed by atoms with Gasteiger partial charge in [0.1, 0.15) is 11.2 Å². The Labute approximate surface area is 258 Å². The van der Waals surface area contributed by atoms with Crippen LogP contribution in [0, 0.1) is 0 Å². The summed E-state index contributed by atoms with van der Waals surface area (Å²) in [6.07, 6.45) is 0. The van der Waals surface area contributed by atoms with Crippen molar-refractivity contribution in [2.75, 3.05) is 0 Å². The molecule has 1 nitrogen and oxygen atoms in total. The van der Waals surface area contributed by atoms with Crippen molar-refractivity contribution in [3.05, 3.63) is 182 Å². The van der Waals surface area contributed by atoms with Crippen molar-refractivity contribution in [1.29, 1.82) is 0 Å². The molecule has 1 aromatic heterocycles. The SMILES string of the molecule is c1ccc([Si](c2ccccc2)(c2ccccc2)c2cccc(-c3ccccc3-c3cccc4c3oc3ccccc34)c2)cc1. The van der Waals surface area contributed by atoms with Gasteiger partial charge in [-0.15, -0.1) is 0 Å². The predicted molar refractivity (Wildman–Crippen MR) is 188 cm³/mol. The van der Waals surface area contributed by atoms with Gasteiger partial charge in [-0.3, -0.25) is 0 Å². The smallest absolute Gasteiger partial charge is 0.179 e. The van der Waals surface area contributed by atoms with Gasteiger partial charge in [-0.2, -0.15) is 0 Å². The quantitative estimate of drug-likeness (QED) is 0.143. The summed E-state index contributed by atoms with van der Waals surface area (Å²) in [4.78, 5) is 0. The second kappa shape index (κ2) is 11.0. The van der Waals surface area contributed by atoms with E-state index in [1.165, 1.54) is 37.4 Å². The summed E-state index contributed by atoms with van der Waals surface area (Å²) in [5.74, 6) is 0. The largest absolute Gasteiger partial charge is 0.455 e. The van der Waals surface area contributed by atoms with E-state index >= 15 is 0 Å². The summed E-state index contributed by atoms with van der Waals surface area (Å²) in [7, 11) is -2.65. The molecule has 0 radical (unpaired) electrons. The zero-order chi connectivity index (χ0) is 29.3. The molecule has 0 N–H and O–H groups in total. The fourth-order valence-corrected chi connectivity index (χ4v) is 11.7. The molecule has 0 aliphatic heterocycles. The lowest BCUT2D eigenvalue weighted by atomic mass is 9.93. The zero-order valence-electron chi connectivity index (χ0n) is 24.2. The predicted octanol–water partition coefficient (Wildman–Crippen LogP) is 8.30. The van der Waals surface area contributed by atoms with Gasteiger partial charge in [0.15, 0.2) is 8.07 Å². The maximum absolute atomic E-state index is 6.49. The van der Waals surface area contributed by atoms with E-state index < -0.39 is 8.07 Å². The highest BCUT2D eigenvalue weighted by molar-refractivity contribution is 7.19. The maximum atomic E-state index is 6.49. The van der Waals surface area contributed by atoms with Crippen molar-refractivity contribution in [2.45, 2.75) is 0 Å². The van der Waals surface area contributed by atoms with Crippen LogP contribution in [0.4, 0.5) is 0 Å². The van der Waals surface area contributed by atoms with E-state index in [0.717, 1.165) is 27.5 Å². The van der Waals surface area contributed by atoms with Gasteiger partial charge < -0.3 is 4.42 Å². The van der Waals surface area contributed by atoms with E-state index in [9.17, 15) is 0 Å². The summed E-state index contributed by atoms with van der Waals surface area (Å²) in [6.45, 7) is 0. The van der Waals surface area contributed by atoms with Crippen molar-refractivity contribution >= 4 is 50.8 Å². The Morgan fingerprint density at radius 1 is 0.341 bits per heavy atom. The first-order chi connectivity index (χ1) is 21.8. The average Bonchev–Trinajstić information content (AvgIpc) is 3.49. The van der Waals surface area contributed by atoms with Gasteiger partial charge in [0, 0.05) is 16.3 Å². The fraction of sp³-hybridized carbons (Fsp3) is 0. The van der Waals surface area contributed by atoms with Crippen LogP contribution in [-0.2, 0) is 0 Å². The normalized spacial score (nSPS) is 11.6. The van der Waals surface area contributed by atoms with Crippen LogP contribution in [-0.4, -0.2) is 8.07 Å². The Morgan fingerprint density at radius 3 is 1.48 bits per heavy atom. The van der Waals surface area contributed by atoms with Gasteiger partial charge >= 0.3 is 0 Å². The number of fused-ring (bicyclic) bond motifs is 3. The highest BCUT2D eigenvalue weighted by Crippen LogP contribution is 2.39. The van der Waals surface area contributed by atoms with Gasteiger partial charge in [0.05, 0.1) is 0 Å². The minimum absolute atomic E-state index is 0.916. The monoisotopic (exact) mass is 578 g/mol. The zero-order valence-corrected chi connectivity index (χ0v) is 25.2. The third-order valence-electron chi connectivity index (χ3n) is 8.85. The first kappa shape index (κ1) is 26.2. The Morgan fingerprint density at radius 2 is 0.818 bits per heavy atom.